The van der Waals surface area contributed by atoms with Gasteiger partial charge in [-0.05, 0) is 62.2 Å². The van der Waals surface area contributed by atoms with Gasteiger partial charge in [0.15, 0.2) is 0 Å². The summed E-state index contributed by atoms with van der Waals surface area (Å²) in [6.07, 6.45) is 3.75. The first-order valence-electron chi connectivity index (χ1n) is 9.60. The second-order valence-electron chi connectivity index (χ2n) is 7.05. The molecule has 29 heavy (non-hydrogen) atoms. The summed E-state index contributed by atoms with van der Waals surface area (Å²) in [6, 6.07) is 10.8. The van der Waals surface area contributed by atoms with Gasteiger partial charge in [0.05, 0.1) is 18.5 Å². The first kappa shape index (κ1) is 21.1. The Morgan fingerprint density at radius 2 is 2.00 bits per heavy atom. The molecule has 1 fully saturated rings. The number of ether oxygens (including phenoxy) is 1. The second-order valence-corrected chi connectivity index (χ2v) is 7.49. The van der Waals surface area contributed by atoms with Gasteiger partial charge in [0.25, 0.3) is 0 Å². The highest BCUT2D eigenvalue weighted by Gasteiger charge is 2.22. The Balaban J connectivity index is 1.42. The molecule has 0 atom stereocenters. The number of carbonyl (C=O) groups excluding carboxylic acids is 2. The number of anilines is 1. The summed E-state index contributed by atoms with van der Waals surface area (Å²) in [6.45, 7) is 3.21. The van der Waals surface area contributed by atoms with Gasteiger partial charge in [0.1, 0.15) is 5.75 Å². The Bertz CT molecular complexity index is 839. The Morgan fingerprint density at radius 1 is 1.21 bits per heavy atom. The SMILES string of the molecule is COc1ccc(Cl)cc1NC(=O)C(=O)NCC1CCN(Cc2ccccn2)CC1. The van der Waals surface area contributed by atoms with Crippen molar-refractivity contribution in [2.24, 2.45) is 5.92 Å². The van der Waals surface area contributed by atoms with Crippen LogP contribution < -0.4 is 15.4 Å². The zero-order chi connectivity index (χ0) is 20.6. The molecule has 0 spiro atoms. The summed E-state index contributed by atoms with van der Waals surface area (Å²) in [4.78, 5) is 31.1. The zero-order valence-electron chi connectivity index (χ0n) is 16.4. The van der Waals surface area contributed by atoms with Gasteiger partial charge in [-0.25, -0.2) is 0 Å². The van der Waals surface area contributed by atoms with E-state index < -0.39 is 11.8 Å². The zero-order valence-corrected chi connectivity index (χ0v) is 17.1. The average Bonchev–Trinajstić information content (AvgIpc) is 2.74. The van der Waals surface area contributed by atoms with Gasteiger partial charge in [0.2, 0.25) is 0 Å². The van der Waals surface area contributed by atoms with Crippen molar-refractivity contribution in [3.63, 3.8) is 0 Å². The maximum absolute atomic E-state index is 12.2. The molecular formula is C21H25ClN4O3. The Labute approximate surface area is 175 Å². The number of likely N-dealkylation sites (tertiary alicyclic amines) is 1. The summed E-state index contributed by atoms with van der Waals surface area (Å²) in [5.74, 6) is -0.607. The molecule has 1 aromatic carbocycles. The molecule has 1 aromatic heterocycles. The number of amides is 2. The van der Waals surface area contributed by atoms with E-state index in [-0.39, 0.29) is 0 Å². The molecule has 7 nitrogen and oxygen atoms in total. The molecule has 1 aliphatic heterocycles. The highest BCUT2D eigenvalue weighted by molar-refractivity contribution is 6.40. The van der Waals surface area contributed by atoms with E-state index in [1.54, 1.807) is 18.2 Å². The number of methoxy groups -OCH3 is 1. The highest BCUT2D eigenvalue weighted by Crippen LogP contribution is 2.27. The summed E-state index contributed by atoms with van der Waals surface area (Å²) in [7, 11) is 1.49. The standard InChI is InChI=1S/C21H25ClN4O3/c1-29-19-6-5-16(22)12-18(19)25-21(28)20(27)24-13-15-7-10-26(11-8-15)14-17-4-2-3-9-23-17/h2-6,9,12,15H,7-8,10-11,13-14H2,1H3,(H,24,27)(H,25,28). The van der Waals surface area contributed by atoms with Gasteiger partial charge in [-0.3, -0.25) is 19.5 Å². The minimum atomic E-state index is -0.738. The van der Waals surface area contributed by atoms with Crippen LogP contribution in [0.3, 0.4) is 0 Å². The van der Waals surface area contributed by atoms with Crippen molar-refractivity contribution in [2.75, 3.05) is 32.1 Å². The van der Waals surface area contributed by atoms with Crippen molar-refractivity contribution in [3.05, 3.63) is 53.3 Å². The predicted molar refractivity (Wildman–Crippen MR) is 112 cm³/mol. The Hall–Kier alpha value is -2.64. The van der Waals surface area contributed by atoms with E-state index >= 15 is 0 Å². The van der Waals surface area contributed by atoms with Crippen LogP contribution in [0.15, 0.2) is 42.6 Å². The van der Waals surface area contributed by atoms with Crippen LogP contribution in [-0.4, -0.2) is 48.4 Å². The van der Waals surface area contributed by atoms with Crippen LogP contribution in [0.1, 0.15) is 18.5 Å². The van der Waals surface area contributed by atoms with Crippen molar-refractivity contribution in [1.82, 2.24) is 15.2 Å². The maximum Gasteiger partial charge on any atom is 0.313 e. The van der Waals surface area contributed by atoms with Gasteiger partial charge < -0.3 is 15.4 Å². The fourth-order valence-corrected chi connectivity index (χ4v) is 3.52. The van der Waals surface area contributed by atoms with Gasteiger partial charge in [0, 0.05) is 24.3 Å². The number of nitrogens with one attached hydrogen (secondary N) is 2. The number of benzene rings is 1. The molecule has 1 aliphatic rings. The molecule has 2 N–H and O–H groups in total. The van der Waals surface area contributed by atoms with Gasteiger partial charge in [-0.1, -0.05) is 17.7 Å². The van der Waals surface area contributed by atoms with Crippen molar-refractivity contribution >= 4 is 29.1 Å². The smallest absolute Gasteiger partial charge is 0.313 e. The van der Waals surface area contributed by atoms with Crippen LogP contribution >= 0.6 is 11.6 Å². The molecule has 0 saturated carbocycles. The normalized spacial score (nSPS) is 15.0. The van der Waals surface area contributed by atoms with Crippen LogP contribution in [0, 0.1) is 5.92 Å². The average molecular weight is 417 g/mol. The van der Waals surface area contributed by atoms with Crippen LogP contribution in [-0.2, 0) is 16.1 Å². The van der Waals surface area contributed by atoms with Gasteiger partial charge in [-0.2, -0.15) is 0 Å². The van der Waals surface area contributed by atoms with E-state index in [1.807, 2.05) is 24.4 Å². The summed E-state index contributed by atoms with van der Waals surface area (Å²) in [5.41, 5.74) is 1.43. The van der Waals surface area contributed by atoms with E-state index in [4.69, 9.17) is 16.3 Å². The third kappa shape index (κ3) is 6.17. The fourth-order valence-electron chi connectivity index (χ4n) is 3.34. The number of nitrogens with zero attached hydrogens (tertiary/aromatic N) is 2. The molecule has 0 bridgehead atoms. The third-order valence-electron chi connectivity index (χ3n) is 4.99. The molecule has 2 aromatic rings. The Kier molecular flexibility index (Phi) is 7.43. The summed E-state index contributed by atoms with van der Waals surface area (Å²) >= 11 is 5.95. The summed E-state index contributed by atoms with van der Waals surface area (Å²) < 4.78 is 5.17. The quantitative estimate of drug-likeness (QED) is 0.707. The molecule has 0 aliphatic carbocycles. The molecule has 8 heteroatoms. The third-order valence-corrected chi connectivity index (χ3v) is 5.22. The lowest BCUT2D eigenvalue weighted by Gasteiger charge is -2.31. The molecule has 2 heterocycles. The number of hydrogen-bond acceptors (Lipinski definition) is 5. The van der Waals surface area contributed by atoms with Crippen LogP contribution in [0.25, 0.3) is 0 Å². The number of rotatable bonds is 6. The van der Waals surface area contributed by atoms with Crippen molar-refractivity contribution in [3.8, 4) is 5.75 Å². The van der Waals surface area contributed by atoms with Gasteiger partial charge in [-0.15, -0.1) is 0 Å². The van der Waals surface area contributed by atoms with Crippen molar-refractivity contribution in [2.45, 2.75) is 19.4 Å². The Morgan fingerprint density at radius 3 is 2.69 bits per heavy atom. The number of carbonyl (C=O) groups is 2. The van der Waals surface area contributed by atoms with Crippen molar-refractivity contribution < 1.29 is 14.3 Å². The first-order valence-corrected chi connectivity index (χ1v) is 9.98. The molecule has 1 saturated heterocycles. The molecule has 0 unspecified atom stereocenters. The topological polar surface area (TPSA) is 83.6 Å². The van der Waals surface area contributed by atoms with E-state index in [0.717, 1.165) is 38.2 Å². The summed E-state index contributed by atoms with van der Waals surface area (Å²) in [5, 5.41) is 5.73. The van der Waals surface area contributed by atoms with Gasteiger partial charge >= 0.3 is 11.8 Å². The second kappa shape index (κ2) is 10.2. The maximum atomic E-state index is 12.2. The number of hydrogen-bond donors (Lipinski definition) is 2. The number of piperidine rings is 1. The fraction of sp³-hybridized carbons (Fsp3) is 0.381. The van der Waals surface area contributed by atoms with E-state index in [1.165, 1.54) is 7.11 Å². The van der Waals surface area contributed by atoms with E-state index in [0.29, 0.717) is 28.9 Å². The highest BCUT2D eigenvalue weighted by atomic mass is 35.5. The largest absolute Gasteiger partial charge is 0.495 e. The van der Waals surface area contributed by atoms with E-state index in [2.05, 4.69) is 20.5 Å². The lowest BCUT2D eigenvalue weighted by molar-refractivity contribution is -0.136. The molecule has 0 radical (unpaired) electrons. The molecular weight excluding hydrogens is 392 g/mol. The van der Waals surface area contributed by atoms with Crippen molar-refractivity contribution in [1.29, 1.82) is 0 Å². The number of pyridine rings is 1. The minimum Gasteiger partial charge on any atom is -0.495 e. The van der Waals surface area contributed by atoms with Crippen LogP contribution in [0.2, 0.25) is 5.02 Å². The monoisotopic (exact) mass is 416 g/mol. The molecule has 3 rings (SSSR count). The van der Waals surface area contributed by atoms with E-state index in [9.17, 15) is 9.59 Å². The van der Waals surface area contributed by atoms with Crippen LogP contribution in [0.4, 0.5) is 5.69 Å². The first-order chi connectivity index (χ1) is 14.0. The lowest BCUT2D eigenvalue weighted by Crippen LogP contribution is -2.41. The minimum absolute atomic E-state index is 0.354. The predicted octanol–water partition coefficient (Wildman–Crippen LogP) is 2.71. The number of aromatic nitrogens is 1. The van der Waals surface area contributed by atoms with Crippen LogP contribution in [0.5, 0.6) is 5.75 Å². The lowest BCUT2D eigenvalue weighted by atomic mass is 9.96. The number of halogens is 1. The molecule has 2 amide bonds. The molecule has 154 valence electrons.